The lowest BCUT2D eigenvalue weighted by Gasteiger charge is -2.07. The van der Waals surface area contributed by atoms with Gasteiger partial charge in [-0.2, -0.15) is 8.78 Å². The van der Waals surface area contributed by atoms with Gasteiger partial charge in [0.2, 0.25) is 0 Å². The summed E-state index contributed by atoms with van der Waals surface area (Å²) in [4.78, 5) is 0. The highest BCUT2D eigenvalue weighted by atomic mass is 79.9. The van der Waals surface area contributed by atoms with Crippen molar-refractivity contribution in [1.29, 1.82) is 0 Å². The summed E-state index contributed by atoms with van der Waals surface area (Å²) < 4.78 is 28.2. The number of alkyl halides is 2. The van der Waals surface area contributed by atoms with Gasteiger partial charge in [-0.3, -0.25) is 0 Å². The highest BCUT2D eigenvalue weighted by Gasteiger charge is 2.10. The number of hydrogen-bond donors (Lipinski definition) is 0. The zero-order chi connectivity index (χ0) is 10.0. The molecule has 0 spiro atoms. The van der Waals surface area contributed by atoms with Crippen molar-refractivity contribution < 1.29 is 13.5 Å². The van der Waals surface area contributed by atoms with Gasteiger partial charge in [0.1, 0.15) is 5.75 Å². The normalized spacial score (nSPS) is 10.6. The molecular weight excluding hydrogens is 289 g/mol. The molecule has 6 heteroatoms. The largest absolute Gasteiger partial charge is 0.433 e. The maximum Gasteiger partial charge on any atom is 0.387 e. The summed E-state index contributed by atoms with van der Waals surface area (Å²) in [5.74, 6) is -0.104. The highest BCUT2D eigenvalue weighted by molar-refractivity contribution is 9.10. The monoisotopic (exact) mass is 290 g/mol. The average Bonchev–Trinajstić information content (AvgIpc) is 1.99. The lowest BCUT2D eigenvalue weighted by molar-refractivity contribution is -0.0498. The van der Waals surface area contributed by atoms with Crippen molar-refractivity contribution in [2.24, 2.45) is 0 Å². The Morgan fingerprint density at radius 1 is 1.23 bits per heavy atom. The molecule has 0 unspecified atom stereocenters. The molecular formula is C7H3BrCl2F2O. The fraction of sp³-hybridized carbons (Fsp3) is 0.143. The van der Waals surface area contributed by atoms with E-state index >= 15 is 0 Å². The predicted octanol–water partition coefficient (Wildman–Crippen LogP) is 4.36. The molecule has 0 aliphatic carbocycles. The van der Waals surface area contributed by atoms with E-state index in [0.29, 0.717) is 9.50 Å². The second-order valence-corrected chi connectivity index (χ2v) is 3.74. The van der Waals surface area contributed by atoms with Gasteiger partial charge in [-0.1, -0.05) is 23.2 Å². The van der Waals surface area contributed by atoms with Crippen LogP contribution < -0.4 is 4.74 Å². The lowest BCUT2D eigenvalue weighted by atomic mass is 10.3. The van der Waals surface area contributed by atoms with Crippen molar-refractivity contribution >= 4 is 39.1 Å². The molecule has 0 aliphatic rings. The molecule has 72 valence electrons. The van der Waals surface area contributed by atoms with Gasteiger partial charge < -0.3 is 4.74 Å². The average molecular weight is 292 g/mol. The van der Waals surface area contributed by atoms with Crippen LogP contribution in [-0.4, -0.2) is 6.61 Å². The minimum Gasteiger partial charge on any atom is -0.433 e. The first-order valence-electron chi connectivity index (χ1n) is 3.10. The minimum absolute atomic E-state index is 0.0495. The fourth-order valence-corrected chi connectivity index (χ4v) is 1.44. The Labute approximate surface area is 91.7 Å². The zero-order valence-corrected chi connectivity index (χ0v) is 9.13. The molecule has 0 aromatic heterocycles. The van der Waals surface area contributed by atoms with Crippen LogP contribution in [0.1, 0.15) is 0 Å². The second kappa shape index (κ2) is 4.44. The molecule has 1 aromatic rings. The molecule has 0 saturated carbocycles. The van der Waals surface area contributed by atoms with Crippen LogP contribution in [0.25, 0.3) is 0 Å². The number of benzene rings is 1. The molecule has 0 atom stereocenters. The molecule has 0 amide bonds. The first-order valence-corrected chi connectivity index (χ1v) is 4.65. The molecule has 13 heavy (non-hydrogen) atoms. The van der Waals surface area contributed by atoms with Crippen LogP contribution >= 0.6 is 39.1 Å². The van der Waals surface area contributed by atoms with Gasteiger partial charge in [0, 0.05) is 4.47 Å². The van der Waals surface area contributed by atoms with Gasteiger partial charge in [-0.15, -0.1) is 0 Å². The second-order valence-electron chi connectivity index (χ2n) is 2.08. The van der Waals surface area contributed by atoms with E-state index in [1.807, 2.05) is 0 Å². The topological polar surface area (TPSA) is 9.23 Å². The third kappa shape index (κ3) is 2.97. The molecule has 0 heterocycles. The van der Waals surface area contributed by atoms with E-state index in [1.54, 1.807) is 0 Å². The summed E-state index contributed by atoms with van der Waals surface area (Å²) >= 11 is 14.3. The summed E-state index contributed by atoms with van der Waals surface area (Å²) in [6.45, 7) is -2.90. The summed E-state index contributed by atoms with van der Waals surface area (Å²) in [6, 6.07) is 2.61. The van der Waals surface area contributed by atoms with Crippen LogP contribution in [0, 0.1) is 0 Å². The van der Waals surface area contributed by atoms with E-state index in [4.69, 9.17) is 23.2 Å². The van der Waals surface area contributed by atoms with Crippen molar-refractivity contribution in [3.63, 3.8) is 0 Å². The smallest absolute Gasteiger partial charge is 0.387 e. The van der Waals surface area contributed by atoms with Crippen LogP contribution in [0.3, 0.4) is 0 Å². The van der Waals surface area contributed by atoms with Crippen molar-refractivity contribution in [2.75, 3.05) is 0 Å². The van der Waals surface area contributed by atoms with E-state index < -0.39 is 6.61 Å². The van der Waals surface area contributed by atoms with E-state index in [9.17, 15) is 8.78 Å². The Morgan fingerprint density at radius 2 is 1.85 bits per heavy atom. The first kappa shape index (κ1) is 11.0. The fourth-order valence-electron chi connectivity index (χ4n) is 0.691. The molecule has 0 N–H and O–H groups in total. The van der Waals surface area contributed by atoms with Crippen LogP contribution in [-0.2, 0) is 0 Å². The van der Waals surface area contributed by atoms with Gasteiger partial charge in [0.05, 0.1) is 10.0 Å². The standard InChI is InChI=1S/C7H3BrCl2F2O/c8-3-1-6(13-7(11)12)5(10)2-4(3)9/h1-2,7H. The van der Waals surface area contributed by atoms with E-state index in [1.165, 1.54) is 12.1 Å². The highest BCUT2D eigenvalue weighted by Crippen LogP contribution is 2.34. The maximum atomic E-state index is 11.8. The third-order valence-electron chi connectivity index (χ3n) is 1.19. The Kier molecular flexibility index (Phi) is 3.76. The summed E-state index contributed by atoms with van der Waals surface area (Å²) in [5.41, 5.74) is 0. The van der Waals surface area contributed by atoms with Gasteiger partial charge in [0.15, 0.2) is 0 Å². The van der Waals surface area contributed by atoms with Crippen molar-refractivity contribution in [3.8, 4) is 5.75 Å². The Morgan fingerprint density at radius 3 is 2.38 bits per heavy atom. The quantitative estimate of drug-likeness (QED) is 0.736. The van der Waals surface area contributed by atoms with Crippen molar-refractivity contribution in [1.82, 2.24) is 0 Å². The minimum atomic E-state index is -2.90. The molecule has 1 rings (SSSR count). The summed E-state index contributed by atoms with van der Waals surface area (Å²) in [7, 11) is 0. The molecule has 0 aliphatic heterocycles. The predicted molar refractivity (Wildman–Crippen MR) is 50.8 cm³/mol. The number of hydrogen-bond acceptors (Lipinski definition) is 1. The summed E-state index contributed by atoms with van der Waals surface area (Å²) in [5, 5.41) is 0.389. The molecule has 0 fully saturated rings. The molecule has 1 nitrogen and oxygen atoms in total. The Bertz CT molecular complexity index is 320. The van der Waals surface area contributed by atoms with Crippen LogP contribution in [0.15, 0.2) is 16.6 Å². The number of halogens is 5. The first-order chi connectivity index (χ1) is 6.00. The van der Waals surface area contributed by atoms with Crippen molar-refractivity contribution in [2.45, 2.75) is 6.61 Å². The number of ether oxygens (including phenoxy) is 1. The van der Waals surface area contributed by atoms with Crippen LogP contribution in [0.4, 0.5) is 8.78 Å². The third-order valence-corrected chi connectivity index (χ3v) is 2.68. The van der Waals surface area contributed by atoms with E-state index in [2.05, 4.69) is 20.7 Å². The lowest BCUT2D eigenvalue weighted by Crippen LogP contribution is -2.02. The zero-order valence-electron chi connectivity index (χ0n) is 6.03. The molecule has 1 aromatic carbocycles. The Hall–Kier alpha value is -0.0600. The van der Waals surface area contributed by atoms with Gasteiger partial charge in [-0.05, 0) is 28.1 Å². The maximum absolute atomic E-state index is 11.8. The molecule has 0 radical (unpaired) electrons. The van der Waals surface area contributed by atoms with Gasteiger partial charge in [0.25, 0.3) is 0 Å². The van der Waals surface area contributed by atoms with E-state index in [0.717, 1.165) is 0 Å². The van der Waals surface area contributed by atoms with Gasteiger partial charge in [-0.25, -0.2) is 0 Å². The Balaban J connectivity index is 3.01. The van der Waals surface area contributed by atoms with E-state index in [-0.39, 0.29) is 10.8 Å². The molecule has 0 saturated heterocycles. The van der Waals surface area contributed by atoms with Gasteiger partial charge >= 0.3 is 6.61 Å². The SMILES string of the molecule is FC(F)Oc1cc(Br)c(Cl)cc1Cl. The summed E-state index contributed by atoms with van der Waals surface area (Å²) in [6.07, 6.45) is 0. The molecule has 0 bridgehead atoms. The van der Waals surface area contributed by atoms with Crippen LogP contribution in [0.2, 0.25) is 10.0 Å². The number of rotatable bonds is 2. The van der Waals surface area contributed by atoms with Crippen LogP contribution in [0.5, 0.6) is 5.75 Å². The van der Waals surface area contributed by atoms with Crippen molar-refractivity contribution in [3.05, 3.63) is 26.7 Å².